The summed E-state index contributed by atoms with van der Waals surface area (Å²) < 4.78 is 5.59. The van der Waals surface area contributed by atoms with E-state index in [-0.39, 0.29) is 17.3 Å². The Labute approximate surface area is 122 Å². The van der Waals surface area contributed by atoms with Gasteiger partial charge in [-0.1, -0.05) is 0 Å². The number of thioether (sulfide) groups is 1. The fraction of sp³-hybridized carbons (Fsp3) is 0.500. The van der Waals surface area contributed by atoms with Gasteiger partial charge in [0.25, 0.3) is 5.91 Å². The van der Waals surface area contributed by atoms with Gasteiger partial charge < -0.3 is 20.7 Å². The average molecular weight is 293 g/mol. The van der Waals surface area contributed by atoms with E-state index in [9.17, 15) is 4.79 Å². The van der Waals surface area contributed by atoms with Gasteiger partial charge in [0, 0.05) is 29.7 Å². The lowest BCUT2D eigenvalue weighted by Gasteiger charge is -2.39. The molecule has 6 heteroatoms. The number of nitrogen functional groups attached to an aromatic ring is 1. The first kappa shape index (κ1) is 13.4. The van der Waals surface area contributed by atoms with E-state index in [4.69, 9.17) is 10.5 Å². The average Bonchev–Trinajstić information content (AvgIpc) is 2.37. The van der Waals surface area contributed by atoms with Crippen molar-refractivity contribution in [2.45, 2.75) is 18.6 Å². The Balaban J connectivity index is 1.93. The molecule has 0 spiro atoms. The van der Waals surface area contributed by atoms with Crippen LogP contribution in [0.2, 0.25) is 0 Å². The lowest BCUT2D eigenvalue weighted by molar-refractivity contribution is -0.118. The first-order valence-corrected chi connectivity index (χ1v) is 7.68. The molecule has 2 aliphatic rings. The Hall–Kier alpha value is -1.56. The predicted octanol–water partition coefficient (Wildman–Crippen LogP) is 1.93. The van der Waals surface area contributed by atoms with Crippen molar-refractivity contribution in [3.8, 4) is 5.75 Å². The topological polar surface area (TPSA) is 67.6 Å². The molecule has 1 aromatic carbocycles. The van der Waals surface area contributed by atoms with Gasteiger partial charge in [0.1, 0.15) is 5.75 Å². The van der Waals surface area contributed by atoms with Crippen LogP contribution in [-0.4, -0.2) is 36.1 Å². The van der Waals surface area contributed by atoms with Crippen molar-refractivity contribution >= 4 is 34.7 Å². The molecule has 3 rings (SSSR count). The molecule has 0 aromatic heterocycles. The van der Waals surface area contributed by atoms with Crippen molar-refractivity contribution in [3.05, 3.63) is 12.1 Å². The zero-order valence-corrected chi connectivity index (χ0v) is 12.5. The predicted molar refractivity (Wildman–Crippen MR) is 83.7 cm³/mol. The van der Waals surface area contributed by atoms with Crippen LogP contribution >= 0.6 is 11.8 Å². The highest BCUT2D eigenvalue weighted by molar-refractivity contribution is 8.00. The van der Waals surface area contributed by atoms with Gasteiger partial charge in [-0.05, 0) is 19.9 Å². The molecule has 1 saturated heterocycles. The third-order valence-corrected chi connectivity index (χ3v) is 4.83. The normalized spacial score (nSPS) is 20.9. The van der Waals surface area contributed by atoms with E-state index in [2.05, 4.69) is 24.1 Å². The van der Waals surface area contributed by atoms with Crippen molar-refractivity contribution in [1.29, 1.82) is 0 Å². The molecule has 20 heavy (non-hydrogen) atoms. The summed E-state index contributed by atoms with van der Waals surface area (Å²) in [5.74, 6) is 1.60. The summed E-state index contributed by atoms with van der Waals surface area (Å²) >= 11 is 1.98. The smallest absolute Gasteiger partial charge is 0.262 e. The molecule has 1 aromatic rings. The molecule has 3 N–H and O–H groups in total. The van der Waals surface area contributed by atoms with Gasteiger partial charge in [0.15, 0.2) is 6.61 Å². The van der Waals surface area contributed by atoms with Gasteiger partial charge in [-0.15, -0.1) is 0 Å². The van der Waals surface area contributed by atoms with Gasteiger partial charge >= 0.3 is 0 Å². The number of amides is 1. The van der Waals surface area contributed by atoms with Crippen LogP contribution in [0.15, 0.2) is 12.1 Å². The van der Waals surface area contributed by atoms with E-state index in [1.54, 1.807) is 6.07 Å². The van der Waals surface area contributed by atoms with Crippen LogP contribution in [0.4, 0.5) is 17.1 Å². The number of carbonyl (C=O) groups is 1. The fourth-order valence-corrected chi connectivity index (χ4v) is 3.74. The van der Waals surface area contributed by atoms with E-state index < -0.39 is 0 Å². The molecular weight excluding hydrogens is 274 g/mol. The van der Waals surface area contributed by atoms with Gasteiger partial charge in [-0.2, -0.15) is 11.8 Å². The molecule has 2 heterocycles. The quantitative estimate of drug-likeness (QED) is 0.774. The summed E-state index contributed by atoms with van der Waals surface area (Å²) in [6, 6.07) is 3.73. The second-order valence-corrected chi connectivity index (χ2v) is 7.58. The third-order valence-electron chi connectivity index (χ3n) is 3.53. The molecular formula is C14H19N3O2S. The van der Waals surface area contributed by atoms with Gasteiger partial charge in [0.2, 0.25) is 0 Å². The number of fused-ring (bicyclic) bond motifs is 1. The minimum Gasteiger partial charge on any atom is -0.482 e. The van der Waals surface area contributed by atoms with Crippen LogP contribution in [0.25, 0.3) is 0 Å². The second-order valence-electron chi connectivity index (χ2n) is 5.77. The molecule has 0 saturated carbocycles. The van der Waals surface area contributed by atoms with Crippen molar-refractivity contribution in [2.24, 2.45) is 0 Å². The molecule has 0 aliphatic carbocycles. The molecule has 108 valence electrons. The van der Waals surface area contributed by atoms with Crippen LogP contribution in [0.3, 0.4) is 0 Å². The summed E-state index contributed by atoms with van der Waals surface area (Å²) in [4.78, 5) is 13.7. The largest absolute Gasteiger partial charge is 0.482 e. The number of hydrogen-bond acceptors (Lipinski definition) is 5. The third kappa shape index (κ3) is 2.52. The Kier molecular flexibility index (Phi) is 3.20. The number of nitrogens with two attached hydrogens (primary N) is 1. The molecule has 0 atom stereocenters. The zero-order valence-electron chi connectivity index (χ0n) is 11.7. The number of ether oxygens (including phenoxy) is 1. The zero-order chi connectivity index (χ0) is 14.3. The maximum Gasteiger partial charge on any atom is 0.262 e. The van der Waals surface area contributed by atoms with Crippen LogP contribution in [0, 0.1) is 0 Å². The summed E-state index contributed by atoms with van der Waals surface area (Å²) in [5.41, 5.74) is 8.54. The summed E-state index contributed by atoms with van der Waals surface area (Å²) in [5, 5.41) is 2.84. The van der Waals surface area contributed by atoms with Crippen LogP contribution < -0.4 is 20.7 Å². The van der Waals surface area contributed by atoms with Crippen molar-refractivity contribution in [1.82, 2.24) is 0 Å². The number of carbonyl (C=O) groups excluding carboxylic acids is 1. The molecule has 0 unspecified atom stereocenters. The van der Waals surface area contributed by atoms with Gasteiger partial charge in [0.05, 0.1) is 17.1 Å². The number of rotatable bonds is 1. The number of anilines is 3. The SMILES string of the molecule is CC1(C)CN(c2cc3c(cc2N)OCC(=O)N3)CCS1. The van der Waals surface area contributed by atoms with Gasteiger partial charge in [-0.3, -0.25) is 4.79 Å². The molecule has 5 nitrogen and oxygen atoms in total. The lowest BCUT2D eigenvalue weighted by Crippen LogP contribution is -2.43. The van der Waals surface area contributed by atoms with E-state index in [1.165, 1.54) is 0 Å². The first-order valence-electron chi connectivity index (χ1n) is 6.70. The maximum absolute atomic E-state index is 11.4. The van der Waals surface area contributed by atoms with E-state index in [0.29, 0.717) is 17.1 Å². The Morgan fingerprint density at radius 3 is 3.00 bits per heavy atom. The molecule has 1 amide bonds. The Morgan fingerprint density at radius 2 is 2.25 bits per heavy atom. The molecule has 1 fully saturated rings. The van der Waals surface area contributed by atoms with Gasteiger partial charge in [-0.25, -0.2) is 0 Å². The minimum absolute atomic E-state index is 0.0547. The standard InChI is InChI=1S/C14H19N3O2S/c1-14(2)8-17(3-4-20-14)11-6-10-12(5-9(11)15)19-7-13(18)16-10/h5-6H,3-4,7-8,15H2,1-2H3,(H,16,18). The molecule has 2 aliphatic heterocycles. The minimum atomic E-state index is -0.122. The van der Waals surface area contributed by atoms with E-state index in [0.717, 1.165) is 24.5 Å². The van der Waals surface area contributed by atoms with E-state index >= 15 is 0 Å². The first-order chi connectivity index (χ1) is 9.44. The lowest BCUT2D eigenvalue weighted by atomic mass is 10.1. The summed E-state index contributed by atoms with van der Waals surface area (Å²) in [7, 11) is 0. The maximum atomic E-state index is 11.4. The van der Waals surface area contributed by atoms with Crippen LogP contribution in [-0.2, 0) is 4.79 Å². The van der Waals surface area contributed by atoms with Crippen LogP contribution in [0.5, 0.6) is 5.75 Å². The highest BCUT2D eigenvalue weighted by atomic mass is 32.2. The monoisotopic (exact) mass is 293 g/mol. The number of benzene rings is 1. The Bertz CT molecular complexity index is 560. The number of nitrogens with zero attached hydrogens (tertiary/aromatic N) is 1. The molecule has 0 bridgehead atoms. The number of hydrogen-bond donors (Lipinski definition) is 2. The number of nitrogens with one attached hydrogen (secondary N) is 1. The fourth-order valence-electron chi connectivity index (χ4n) is 2.63. The Morgan fingerprint density at radius 1 is 1.45 bits per heavy atom. The summed E-state index contributed by atoms with van der Waals surface area (Å²) in [6.45, 7) is 6.44. The highest BCUT2D eigenvalue weighted by Gasteiger charge is 2.29. The van der Waals surface area contributed by atoms with Crippen LogP contribution in [0.1, 0.15) is 13.8 Å². The van der Waals surface area contributed by atoms with E-state index in [1.807, 2.05) is 17.8 Å². The molecule has 0 radical (unpaired) electrons. The second kappa shape index (κ2) is 4.77. The highest BCUT2D eigenvalue weighted by Crippen LogP contribution is 2.40. The van der Waals surface area contributed by atoms with Crippen molar-refractivity contribution < 1.29 is 9.53 Å². The summed E-state index contributed by atoms with van der Waals surface area (Å²) in [6.07, 6.45) is 0. The van der Waals surface area contributed by atoms with Crippen molar-refractivity contribution in [3.63, 3.8) is 0 Å². The van der Waals surface area contributed by atoms with Crippen molar-refractivity contribution in [2.75, 3.05) is 41.4 Å².